The number of benzene rings is 3. The van der Waals surface area contributed by atoms with Crippen LogP contribution in [0, 0.1) is 0 Å². The second-order valence-electron chi connectivity index (χ2n) is 5.35. The van der Waals surface area contributed by atoms with Gasteiger partial charge in [-0.15, -0.1) is 0 Å². The van der Waals surface area contributed by atoms with Crippen LogP contribution in [-0.4, -0.2) is 6.34 Å². The quantitative estimate of drug-likeness (QED) is 0.242. The number of nitrogens with two attached hydrogens (primary N) is 1. The highest BCUT2D eigenvalue weighted by atomic mass is 35.5. The van der Waals surface area contributed by atoms with Crippen LogP contribution >= 0.6 is 11.6 Å². The summed E-state index contributed by atoms with van der Waals surface area (Å²) in [4.78, 5) is 4.80. The summed E-state index contributed by atoms with van der Waals surface area (Å²) >= 11 is 6.56. The van der Waals surface area contributed by atoms with Crippen molar-refractivity contribution in [3.63, 3.8) is 0 Å². The van der Waals surface area contributed by atoms with Gasteiger partial charge in [0.05, 0.1) is 6.34 Å². The monoisotopic (exact) mass is 335 g/mol. The van der Waals surface area contributed by atoms with E-state index in [1.807, 2.05) is 84.9 Å². The fraction of sp³-hybridized carbons (Fsp3) is 0.0500. The van der Waals surface area contributed by atoms with E-state index in [9.17, 15) is 0 Å². The molecule has 3 rings (SSSR count). The van der Waals surface area contributed by atoms with Gasteiger partial charge < -0.3 is 5.43 Å². The molecule has 3 nitrogen and oxygen atoms in total. The normalized spacial score (nSPS) is 11.6. The molecule has 0 aromatic heterocycles. The predicted molar refractivity (Wildman–Crippen MR) is 100 cm³/mol. The Morgan fingerprint density at radius 2 is 1.29 bits per heavy atom. The fourth-order valence-electron chi connectivity index (χ4n) is 2.94. The first kappa shape index (κ1) is 16.2. The summed E-state index contributed by atoms with van der Waals surface area (Å²) in [5.41, 5.74) is 4.65. The first-order chi connectivity index (χ1) is 11.8. The van der Waals surface area contributed by atoms with Crippen molar-refractivity contribution in [2.75, 3.05) is 0 Å². The van der Waals surface area contributed by atoms with Crippen molar-refractivity contribution >= 4 is 17.9 Å². The number of nitrogens with one attached hydrogen (secondary N) is 1. The van der Waals surface area contributed by atoms with E-state index in [0.29, 0.717) is 5.02 Å². The molecule has 0 unspecified atom stereocenters. The molecule has 0 aliphatic heterocycles. The summed E-state index contributed by atoms with van der Waals surface area (Å²) in [7, 11) is 0. The van der Waals surface area contributed by atoms with Crippen LogP contribution in [-0.2, 0) is 5.54 Å². The molecule has 0 fully saturated rings. The first-order valence-electron chi connectivity index (χ1n) is 7.65. The zero-order chi connectivity index (χ0) is 16.8. The largest absolute Gasteiger partial charge is 0.315 e. The maximum atomic E-state index is 6.56. The summed E-state index contributed by atoms with van der Waals surface area (Å²) in [5, 5.41) is 0.652. The van der Waals surface area contributed by atoms with Crippen molar-refractivity contribution in [1.82, 2.24) is 5.43 Å². The molecule has 4 heteroatoms. The number of hydrogen-bond acceptors (Lipinski definition) is 2. The number of hydrogen-bond donors (Lipinski definition) is 2. The molecule has 24 heavy (non-hydrogen) atoms. The standard InChI is InChI=1S/C20H18ClN3/c21-19-14-8-7-13-18(19)20(23-15-24-22,16-9-3-1-4-10-16)17-11-5-2-6-12-17/h1-15H,22H2,(H,23,24). The van der Waals surface area contributed by atoms with E-state index in [2.05, 4.69) is 5.43 Å². The molecule has 0 heterocycles. The van der Waals surface area contributed by atoms with E-state index >= 15 is 0 Å². The van der Waals surface area contributed by atoms with Crippen LogP contribution in [0.2, 0.25) is 5.02 Å². The molecule has 0 spiro atoms. The Kier molecular flexibility index (Phi) is 4.94. The van der Waals surface area contributed by atoms with E-state index in [-0.39, 0.29) is 0 Å². The van der Waals surface area contributed by atoms with Crippen molar-refractivity contribution < 1.29 is 0 Å². The highest BCUT2D eigenvalue weighted by Crippen LogP contribution is 2.43. The molecule has 0 amide bonds. The number of aliphatic imine (C=N–C) groups is 1. The Balaban J connectivity index is 2.38. The second-order valence-corrected chi connectivity index (χ2v) is 5.75. The molecule has 3 aromatic rings. The van der Waals surface area contributed by atoms with Crippen LogP contribution in [0.5, 0.6) is 0 Å². The van der Waals surface area contributed by atoms with Gasteiger partial charge in [0.15, 0.2) is 0 Å². The third-order valence-corrected chi connectivity index (χ3v) is 4.31. The maximum absolute atomic E-state index is 6.56. The lowest BCUT2D eigenvalue weighted by atomic mass is 9.77. The Morgan fingerprint density at radius 3 is 1.79 bits per heavy atom. The zero-order valence-corrected chi connectivity index (χ0v) is 13.8. The van der Waals surface area contributed by atoms with Crippen molar-refractivity contribution in [2.45, 2.75) is 5.54 Å². The lowest BCUT2D eigenvalue weighted by Crippen LogP contribution is -2.30. The third-order valence-electron chi connectivity index (χ3n) is 3.98. The van der Waals surface area contributed by atoms with Gasteiger partial charge in [-0.3, -0.25) is 4.99 Å². The van der Waals surface area contributed by atoms with Gasteiger partial charge in [-0.05, 0) is 17.2 Å². The smallest absolute Gasteiger partial charge is 0.139 e. The third kappa shape index (κ3) is 2.92. The zero-order valence-electron chi connectivity index (χ0n) is 13.1. The molecule has 0 bridgehead atoms. The highest BCUT2D eigenvalue weighted by molar-refractivity contribution is 6.31. The summed E-state index contributed by atoms with van der Waals surface area (Å²) in [6.45, 7) is 0. The summed E-state index contributed by atoms with van der Waals surface area (Å²) in [6, 6.07) is 27.9. The molecule has 0 radical (unpaired) electrons. The van der Waals surface area contributed by atoms with E-state index in [1.54, 1.807) is 0 Å². The van der Waals surface area contributed by atoms with E-state index < -0.39 is 5.54 Å². The Bertz CT molecular complexity index is 777. The molecule has 0 atom stereocenters. The Morgan fingerprint density at radius 1 is 0.792 bits per heavy atom. The summed E-state index contributed by atoms with van der Waals surface area (Å²) < 4.78 is 0. The van der Waals surface area contributed by atoms with Crippen LogP contribution in [0.3, 0.4) is 0 Å². The van der Waals surface area contributed by atoms with Crippen LogP contribution in [0.15, 0.2) is 89.9 Å². The molecule has 0 aliphatic rings. The lowest BCUT2D eigenvalue weighted by Gasteiger charge is -2.32. The van der Waals surface area contributed by atoms with Gasteiger partial charge in [0.25, 0.3) is 0 Å². The van der Waals surface area contributed by atoms with Crippen LogP contribution in [0.4, 0.5) is 0 Å². The average Bonchev–Trinajstić information content (AvgIpc) is 2.65. The molecule has 0 saturated carbocycles. The molecule has 3 aromatic carbocycles. The van der Waals surface area contributed by atoms with Crippen molar-refractivity contribution in [3.8, 4) is 0 Å². The van der Waals surface area contributed by atoms with Gasteiger partial charge in [0, 0.05) is 10.6 Å². The van der Waals surface area contributed by atoms with Crippen molar-refractivity contribution in [3.05, 3.63) is 107 Å². The van der Waals surface area contributed by atoms with Crippen LogP contribution in [0.25, 0.3) is 0 Å². The summed E-state index contributed by atoms with van der Waals surface area (Å²) in [6.07, 6.45) is 1.50. The molecular formula is C20H18ClN3. The SMILES string of the molecule is NNC=NC(c1ccccc1)(c1ccccc1)c1ccccc1Cl. The van der Waals surface area contributed by atoms with Gasteiger partial charge in [-0.1, -0.05) is 90.5 Å². The fourth-order valence-corrected chi connectivity index (χ4v) is 3.22. The number of hydrazine groups is 1. The minimum Gasteiger partial charge on any atom is -0.315 e. The summed E-state index contributed by atoms with van der Waals surface area (Å²) in [5.74, 6) is 5.48. The molecular weight excluding hydrogens is 318 g/mol. The Hall–Kier alpha value is -2.62. The minimum absolute atomic E-state index is 0.652. The van der Waals surface area contributed by atoms with E-state index in [4.69, 9.17) is 22.4 Å². The lowest BCUT2D eigenvalue weighted by molar-refractivity contribution is 0.655. The first-order valence-corrected chi connectivity index (χ1v) is 8.02. The van der Waals surface area contributed by atoms with E-state index in [1.165, 1.54) is 6.34 Å². The van der Waals surface area contributed by atoms with Crippen molar-refractivity contribution in [1.29, 1.82) is 0 Å². The van der Waals surface area contributed by atoms with Gasteiger partial charge in [-0.25, -0.2) is 5.84 Å². The van der Waals surface area contributed by atoms with Gasteiger partial charge in [0.1, 0.15) is 5.54 Å². The number of rotatable bonds is 5. The molecule has 0 aliphatic carbocycles. The molecule has 120 valence electrons. The van der Waals surface area contributed by atoms with Crippen LogP contribution in [0.1, 0.15) is 16.7 Å². The topological polar surface area (TPSA) is 50.4 Å². The maximum Gasteiger partial charge on any atom is 0.139 e. The molecule has 0 saturated heterocycles. The second kappa shape index (κ2) is 7.30. The predicted octanol–water partition coefficient (Wildman–Crippen LogP) is 4.12. The van der Waals surface area contributed by atoms with Crippen molar-refractivity contribution in [2.24, 2.45) is 10.8 Å². The van der Waals surface area contributed by atoms with Crippen LogP contribution < -0.4 is 11.3 Å². The van der Waals surface area contributed by atoms with E-state index in [0.717, 1.165) is 16.7 Å². The minimum atomic E-state index is -0.784. The van der Waals surface area contributed by atoms with Gasteiger partial charge in [0.2, 0.25) is 0 Å². The average molecular weight is 336 g/mol. The van der Waals surface area contributed by atoms with Gasteiger partial charge in [-0.2, -0.15) is 0 Å². The highest BCUT2D eigenvalue weighted by Gasteiger charge is 2.37. The number of halogens is 1. The molecule has 3 N–H and O–H groups in total. The Labute approximate surface area is 146 Å². The van der Waals surface area contributed by atoms with Gasteiger partial charge >= 0.3 is 0 Å². The number of nitrogens with zero attached hydrogens (tertiary/aromatic N) is 1.